The first kappa shape index (κ1) is 34.2. The van der Waals surface area contributed by atoms with Crippen LogP contribution in [0.15, 0.2) is 42.0 Å². The molecule has 11 nitrogen and oxygen atoms in total. The van der Waals surface area contributed by atoms with E-state index >= 15 is 0 Å². The minimum atomic E-state index is -1.09. The molecule has 0 radical (unpaired) electrons. The molecule has 0 unspecified atom stereocenters. The molecule has 7 atom stereocenters. The first-order valence-electron chi connectivity index (χ1n) is 15.1. The molecule has 2 aliphatic rings. The number of carbonyl (C=O) groups excluding carboxylic acids is 2. The second-order valence-corrected chi connectivity index (χ2v) is 12.6. The molecule has 0 bridgehead atoms. The van der Waals surface area contributed by atoms with E-state index in [9.17, 15) is 29.9 Å². The summed E-state index contributed by atoms with van der Waals surface area (Å²) in [5.74, 6) is -0.126. The van der Waals surface area contributed by atoms with Crippen molar-refractivity contribution in [3.8, 4) is 0 Å². The van der Waals surface area contributed by atoms with Crippen molar-refractivity contribution in [3.05, 3.63) is 63.5 Å². The summed E-state index contributed by atoms with van der Waals surface area (Å²) >= 11 is 0. The summed E-state index contributed by atoms with van der Waals surface area (Å²) in [6, 6.07) is 4.78. The van der Waals surface area contributed by atoms with Crippen LogP contribution in [0.25, 0.3) is 0 Å². The number of pyridine rings is 1. The van der Waals surface area contributed by atoms with Gasteiger partial charge in [-0.15, -0.1) is 10.1 Å². The summed E-state index contributed by atoms with van der Waals surface area (Å²) in [5.41, 5.74) is 1.32. The topological polar surface area (TPSA) is 158 Å². The Morgan fingerprint density at radius 1 is 1.16 bits per heavy atom. The number of aliphatic hydroxyl groups excluding tert-OH is 2. The number of hydrogen-bond acceptors (Lipinski definition) is 10. The quantitative estimate of drug-likeness (QED) is 0.161. The van der Waals surface area contributed by atoms with Crippen molar-refractivity contribution in [3.63, 3.8) is 0 Å². The number of rotatable bonds is 15. The van der Waals surface area contributed by atoms with E-state index in [0.29, 0.717) is 30.7 Å². The van der Waals surface area contributed by atoms with Crippen molar-refractivity contribution in [2.24, 2.45) is 29.1 Å². The fraction of sp³-hybridized carbons (Fsp3) is 0.656. The van der Waals surface area contributed by atoms with Crippen LogP contribution < -0.4 is 0 Å². The van der Waals surface area contributed by atoms with E-state index < -0.39 is 28.7 Å². The summed E-state index contributed by atoms with van der Waals surface area (Å²) < 4.78 is 11.4. The van der Waals surface area contributed by atoms with Gasteiger partial charge in [0, 0.05) is 5.92 Å². The van der Waals surface area contributed by atoms with E-state index in [1.165, 1.54) is 5.57 Å². The predicted octanol–water partition coefficient (Wildman–Crippen LogP) is 4.87. The number of ether oxygens (including phenoxy) is 2. The Balaban J connectivity index is 1.51. The maximum atomic E-state index is 13.0. The summed E-state index contributed by atoms with van der Waals surface area (Å²) in [6.45, 7) is 9.59. The number of hydrogen-bond donors (Lipinski definition) is 2. The van der Waals surface area contributed by atoms with Gasteiger partial charge in [0.25, 0.3) is 5.09 Å². The molecular formula is C32H46N2O9. The third kappa shape index (κ3) is 10.1. The van der Waals surface area contributed by atoms with Crippen molar-refractivity contribution in [1.82, 2.24) is 4.98 Å². The van der Waals surface area contributed by atoms with Crippen LogP contribution in [0.4, 0.5) is 0 Å². The van der Waals surface area contributed by atoms with Crippen molar-refractivity contribution >= 4 is 11.9 Å². The molecule has 0 amide bonds. The van der Waals surface area contributed by atoms with Gasteiger partial charge in [-0.1, -0.05) is 45.1 Å². The van der Waals surface area contributed by atoms with Gasteiger partial charge in [-0.25, -0.2) is 0 Å². The minimum Gasteiger partial charge on any atom is -0.461 e. The number of allylic oxidation sites excluding steroid dienone is 3. The van der Waals surface area contributed by atoms with E-state index in [1.54, 1.807) is 18.2 Å². The number of fused-ring (bicyclic) bond motifs is 1. The van der Waals surface area contributed by atoms with Gasteiger partial charge in [-0.2, -0.15) is 0 Å². The van der Waals surface area contributed by atoms with Crippen molar-refractivity contribution in [2.45, 2.75) is 105 Å². The summed E-state index contributed by atoms with van der Waals surface area (Å²) in [7, 11) is 0. The van der Waals surface area contributed by atoms with E-state index in [-0.39, 0.29) is 61.8 Å². The predicted molar refractivity (Wildman–Crippen MR) is 157 cm³/mol. The summed E-state index contributed by atoms with van der Waals surface area (Å²) in [6.07, 6.45) is 6.71. The third-order valence-electron chi connectivity index (χ3n) is 8.63. The second-order valence-electron chi connectivity index (χ2n) is 12.6. The minimum absolute atomic E-state index is 0.0194. The molecule has 3 rings (SSSR count). The lowest BCUT2D eigenvalue weighted by atomic mass is 9.65. The average molecular weight is 603 g/mol. The molecule has 1 aromatic rings. The largest absolute Gasteiger partial charge is 0.461 e. The van der Waals surface area contributed by atoms with E-state index in [2.05, 4.69) is 41.9 Å². The molecule has 0 spiro atoms. The van der Waals surface area contributed by atoms with Crippen LogP contribution in [0.5, 0.6) is 0 Å². The van der Waals surface area contributed by atoms with Gasteiger partial charge < -0.3 is 24.5 Å². The van der Waals surface area contributed by atoms with Gasteiger partial charge >= 0.3 is 11.9 Å². The van der Waals surface area contributed by atoms with E-state index in [4.69, 9.17) is 9.47 Å². The van der Waals surface area contributed by atoms with Crippen molar-refractivity contribution in [1.29, 1.82) is 0 Å². The van der Waals surface area contributed by atoms with Gasteiger partial charge in [-0.05, 0) is 81.4 Å². The molecule has 1 heterocycles. The number of nitrogens with zero attached hydrogens (tertiary/aromatic N) is 2. The summed E-state index contributed by atoms with van der Waals surface area (Å²) in [4.78, 5) is 44.1. The molecule has 0 fully saturated rings. The van der Waals surface area contributed by atoms with Gasteiger partial charge in [0.2, 0.25) is 0 Å². The van der Waals surface area contributed by atoms with Gasteiger partial charge in [0.05, 0.1) is 35.4 Å². The average Bonchev–Trinajstić information content (AvgIpc) is 2.94. The van der Waals surface area contributed by atoms with Gasteiger partial charge in [0.15, 0.2) is 0 Å². The number of esters is 2. The van der Waals surface area contributed by atoms with E-state index in [1.807, 2.05) is 20.8 Å². The zero-order chi connectivity index (χ0) is 31.7. The Morgan fingerprint density at radius 2 is 1.86 bits per heavy atom. The fourth-order valence-corrected chi connectivity index (χ4v) is 5.78. The molecule has 0 saturated heterocycles. The fourth-order valence-electron chi connectivity index (χ4n) is 5.78. The normalized spacial score (nSPS) is 24.7. The highest BCUT2D eigenvalue weighted by Crippen LogP contribution is 2.45. The molecule has 238 valence electrons. The van der Waals surface area contributed by atoms with Gasteiger partial charge in [-0.3, -0.25) is 14.6 Å². The zero-order valence-corrected chi connectivity index (χ0v) is 25.8. The first-order valence-corrected chi connectivity index (χ1v) is 15.1. The number of aromatic nitrogens is 1. The Morgan fingerprint density at radius 3 is 2.53 bits per heavy atom. The molecule has 2 N–H and O–H groups in total. The van der Waals surface area contributed by atoms with Gasteiger partial charge in [0.1, 0.15) is 19.3 Å². The molecule has 2 aliphatic carbocycles. The molecule has 0 saturated carbocycles. The lowest BCUT2D eigenvalue weighted by Gasteiger charge is -2.44. The van der Waals surface area contributed by atoms with Crippen LogP contribution in [0, 0.1) is 39.2 Å². The summed E-state index contributed by atoms with van der Waals surface area (Å²) in [5, 5.41) is 30.7. The Hall–Kier alpha value is -3.31. The third-order valence-corrected chi connectivity index (χ3v) is 8.63. The molecule has 0 aliphatic heterocycles. The Labute approximate surface area is 253 Å². The number of carbonyl (C=O) groups is 2. The first-order chi connectivity index (χ1) is 20.3. The highest BCUT2D eigenvalue weighted by atomic mass is 16.9. The highest BCUT2D eigenvalue weighted by molar-refractivity contribution is 5.76. The number of aliphatic hydroxyl groups is 2. The standard InChI is InChI=1S/C32H46N2O9/c1-6-32(4,5)31(38)43-28-15-20(2)14-22-11-10-21(3)27(30(22)28)13-12-25(35)16-26(36)17-29(37)41-18-23-8-7-9-24(33-23)19-42-34(39)40/h7-11,14,20-21,25-28,30,35-36H,6,12-13,15-19H2,1-5H3/t20-,21-,25+,26+,27-,28-,30-/m0/s1. The zero-order valence-electron chi connectivity index (χ0n) is 25.8. The monoisotopic (exact) mass is 602 g/mol. The molecular weight excluding hydrogens is 556 g/mol. The molecule has 1 aromatic heterocycles. The van der Waals surface area contributed by atoms with Crippen LogP contribution >= 0.6 is 0 Å². The SMILES string of the molecule is CCC(C)(C)C(=O)O[C@H]1C[C@@H](C)C=C2C=C[C@H](C)[C@H](CC[C@@H](O)C[C@@H](O)CC(=O)OCc3cccc(CO[N+](=O)[O-])n3)[C@H]21. The molecule has 0 aromatic carbocycles. The van der Waals surface area contributed by atoms with Crippen LogP contribution in [0.3, 0.4) is 0 Å². The lowest BCUT2D eigenvalue weighted by Crippen LogP contribution is -2.43. The van der Waals surface area contributed by atoms with E-state index in [0.717, 1.165) is 6.42 Å². The van der Waals surface area contributed by atoms with Crippen molar-refractivity contribution < 1.29 is 39.2 Å². The maximum Gasteiger partial charge on any atom is 0.311 e. The maximum absolute atomic E-state index is 13.0. The Bertz CT molecular complexity index is 1180. The molecule has 11 heteroatoms. The lowest BCUT2D eigenvalue weighted by molar-refractivity contribution is -0.763. The Kier molecular flexibility index (Phi) is 12.3. The van der Waals surface area contributed by atoms with Crippen LogP contribution in [-0.4, -0.2) is 50.5 Å². The van der Waals surface area contributed by atoms with Crippen molar-refractivity contribution in [2.75, 3.05) is 0 Å². The van der Waals surface area contributed by atoms with Crippen LogP contribution in [0.1, 0.15) is 84.5 Å². The smallest absolute Gasteiger partial charge is 0.311 e. The molecule has 43 heavy (non-hydrogen) atoms. The highest BCUT2D eigenvalue weighted by Gasteiger charge is 2.42. The second kappa shape index (κ2) is 15.4. The van der Waals surface area contributed by atoms with Crippen LogP contribution in [0.2, 0.25) is 0 Å². The van der Waals surface area contributed by atoms with Crippen LogP contribution in [-0.2, 0) is 37.1 Å².